The molecule has 0 heterocycles. The van der Waals surface area contributed by atoms with Gasteiger partial charge in [-0.3, -0.25) is 0 Å². The van der Waals surface area contributed by atoms with Crippen LogP contribution in [0.2, 0.25) is 0 Å². The van der Waals surface area contributed by atoms with Crippen molar-refractivity contribution < 1.29 is 9.90 Å². The lowest BCUT2D eigenvalue weighted by Gasteiger charge is -2.16. The van der Waals surface area contributed by atoms with E-state index in [4.69, 9.17) is 10.8 Å². The molecule has 0 amide bonds. The molecule has 0 fully saturated rings. The van der Waals surface area contributed by atoms with Crippen LogP contribution in [0.25, 0.3) is 0 Å². The van der Waals surface area contributed by atoms with Crippen LogP contribution in [0.4, 0.5) is 5.69 Å². The smallest absolute Gasteiger partial charge is 0.337 e. The predicted octanol–water partition coefficient (Wildman–Crippen LogP) is -6.00. The fourth-order valence-corrected chi connectivity index (χ4v) is 1.62. The van der Waals surface area contributed by atoms with Crippen LogP contribution in [0.3, 0.4) is 0 Å². The minimum Gasteiger partial charge on any atom is -0.478 e. The number of nitrogen functional groups attached to an aromatic ring is 1. The van der Waals surface area contributed by atoms with Crippen molar-refractivity contribution in [1.29, 1.82) is 0 Å². The van der Waals surface area contributed by atoms with Crippen molar-refractivity contribution in [2.24, 2.45) is 0 Å². The van der Waals surface area contributed by atoms with Gasteiger partial charge in [0.1, 0.15) is 31.4 Å². The summed E-state index contributed by atoms with van der Waals surface area (Å²) in [6.07, 6.45) is 0. The Labute approximate surface area is 86.7 Å². The van der Waals surface area contributed by atoms with Crippen molar-refractivity contribution in [3.63, 3.8) is 0 Å². The number of hydrogen-bond donors (Lipinski definition) is 2. The largest absolute Gasteiger partial charge is 0.478 e. The highest BCUT2D eigenvalue weighted by atomic mass is 16.4. The van der Waals surface area contributed by atoms with Gasteiger partial charge in [0.2, 0.25) is 0 Å². The molecule has 1 aromatic carbocycles. The van der Waals surface area contributed by atoms with Crippen LogP contribution in [0.15, 0.2) is 0 Å². The summed E-state index contributed by atoms with van der Waals surface area (Å²) in [6.45, 7) is 0. The average molecular weight is 184 g/mol. The molecule has 0 spiro atoms. The minimum absolute atomic E-state index is 0.241. The molecule has 0 unspecified atom stereocenters. The van der Waals surface area contributed by atoms with E-state index in [2.05, 4.69) is 0 Å². The normalized spacial score (nSPS) is 10.0. The van der Waals surface area contributed by atoms with Gasteiger partial charge in [0.15, 0.2) is 0 Å². The summed E-state index contributed by atoms with van der Waals surface area (Å²) in [5.74, 6) is -0.953. The molecule has 14 heavy (non-hydrogen) atoms. The molecule has 0 radical (unpaired) electrons. The Bertz CT molecular complexity index is 390. The van der Waals surface area contributed by atoms with Gasteiger partial charge < -0.3 is 10.8 Å². The van der Waals surface area contributed by atoms with Gasteiger partial charge in [-0.1, -0.05) is 16.4 Å². The van der Waals surface area contributed by atoms with Crippen LogP contribution in [0, 0.1) is 0 Å². The predicted molar refractivity (Wildman–Crippen MR) is 70.5 cm³/mol. The van der Waals surface area contributed by atoms with Gasteiger partial charge in [-0.25, -0.2) is 4.79 Å². The Balaban J connectivity index is 3.68. The number of benzene rings is 1. The number of hydrogen-bond acceptors (Lipinski definition) is 2. The summed E-state index contributed by atoms with van der Waals surface area (Å²) in [5, 5.41) is 9.01. The number of carboxylic acid groups (broad SMARTS) is 1. The van der Waals surface area contributed by atoms with Gasteiger partial charge in [-0.2, -0.15) is 0 Å². The molecule has 7 heteroatoms. The maximum Gasteiger partial charge on any atom is 0.337 e. The van der Waals surface area contributed by atoms with E-state index in [1.807, 2.05) is 23.5 Å². The lowest BCUT2D eigenvalue weighted by atomic mass is 9.64. The lowest BCUT2D eigenvalue weighted by molar-refractivity contribution is 0.0699. The van der Waals surface area contributed by atoms with Crippen molar-refractivity contribution in [2.75, 3.05) is 5.73 Å². The van der Waals surface area contributed by atoms with Gasteiger partial charge in [0, 0.05) is 5.69 Å². The zero-order chi connectivity index (χ0) is 11.0. The molecule has 0 saturated heterocycles. The lowest BCUT2D eigenvalue weighted by Crippen LogP contribution is -2.50. The fraction of sp³-hybridized carbons (Fsp3) is 0. The first kappa shape index (κ1) is 10.8. The molecule has 0 aliphatic rings. The Morgan fingerprint density at radius 3 is 1.86 bits per heavy atom. The van der Waals surface area contributed by atoms with Crippen LogP contribution < -0.4 is 27.6 Å². The monoisotopic (exact) mass is 185 g/mol. The Morgan fingerprint density at radius 2 is 1.43 bits per heavy atom. The second-order valence-electron chi connectivity index (χ2n) is 3.59. The molecule has 0 atom stereocenters. The molecule has 1 rings (SSSR count). The third kappa shape index (κ3) is 1.43. The van der Waals surface area contributed by atoms with Crippen LogP contribution in [0.5, 0.6) is 0 Å². The van der Waals surface area contributed by atoms with Gasteiger partial charge >= 0.3 is 5.97 Å². The highest BCUT2D eigenvalue weighted by Crippen LogP contribution is 2.01. The second kappa shape index (κ2) is 3.48. The first-order valence-electron chi connectivity index (χ1n) is 4.47. The molecule has 0 bridgehead atoms. The summed E-state index contributed by atoms with van der Waals surface area (Å²) in [7, 11) is 7.52. The van der Waals surface area contributed by atoms with E-state index in [1.54, 1.807) is 7.85 Å². The Kier molecular flexibility index (Phi) is 2.69. The molecule has 1 aromatic rings. The number of nitrogens with two attached hydrogens (primary N) is 1. The van der Waals surface area contributed by atoms with E-state index in [1.165, 1.54) is 0 Å². The molecule has 3 nitrogen and oxygen atoms in total. The number of aromatic carboxylic acids is 1. The summed E-state index contributed by atoms with van der Waals surface area (Å²) < 4.78 is 0. The van der Waals surface area contributed by atoms with Crippen molar-refractivity contribution in [3.05, 3.63) is 5.56 Å². The van der Waals surface area contributed by atoms with E-state index in [-0.39, 0.29) is 5.56 Å². The maximum absolute atomic E-state index is 11.0. The zero-order valence-corrected chi connectivity index (χ0v) is 8.93. The van der Waals surface area contributed by atoms with Crippen molar-refractivity contribution in [2.45, 2.75) is 0 Å². The zero-order valence-electron chi connectivity index (χ0n) is 8.93. The second-order valence-corrected chi connectivity index (χ2v) is 3.59. The fourth-order valence-electron chi connectivity index (χ4n) is 1.62. The molecule has 0 aromatic heterocycles. The number of rotatable bonds is 1. The summed E-state index contributed by atoms with van der Waals surface area (Å²) in [6, 6.07) is 0. The number of carboxylic acids is 1. The van der Waals surface area contributed by atoms with Crippen molar-refractivity contribution in [3.8, 4) is 0 Å². The Hall–Kier alpha value is -1.25. The van der Waals surface area contributed by atoms with Crippen LogP contribution in [-0.2, 0) is 0 Å². The highest BCUT2D eigenvalue weighted by molar-refractivity contribution is 6.64. The van der Waals surface area contributed by atoms with Crippen molar-refractivity contribution >= 4 is 64.9 Å². The van der Waals surface area contributed by atoms with Gasteiger partial charge in [-0.05, 0) is 0 Å². The number of carbonyl (C=O) groups is 1. The third-order valence-corrected chi connectivity index (χ3v) is 2.95. The minimum atomic E-state index is -0.953. The third-order valence-electron chi connectivity index (χ3n) is 2.95. The van der Waals surface area contributed by atoms with Crippen LogP contribution in [-0.4, -0.2) is 42.5 Å². The van der Waals surface area contributed by atoms with Gasteiger partial charge in [-0.15, -0.1) is 5.46 Å². The quantitative estimate of drug-likeness (QED) is 0.337. The van der Waals surface area contributed by atoms with E-state index in [0.717, 1.165) is 21.9 Å². The molecular formula is C7H11B4NO2. The topological polar surface area (TPSA) is 63.3 Å². The molecule has 68 valence electrons. The molecule has 0 aliphatic heterocycles. The molecule has 0 aliphatic carbocycles. The van der Waals surface area contributed by atoms with E-state index >= 15 is 0 Å². The first-order valence-corrected chi connectivity index (χ1v) is 4.47. The average Bonchev–Trinajstić information content (AvgIpc) is 2.11. The van der Waals surface area contributed by atoms with Crippen LogP contribution in [0.1, 0.15) is 10.4 Å². The summed E-state index contributed by atoms with van der Waals surface area (Å²) in [4.78, 5) is 11.0. The molecule has 3 N–H and O–H groups in total. The number of anilines is 1. The molecular weight excluding hydrogens is 173 g/mol. The van der Waals surface area contributed by atoms with Gasteiger partial charge in [0.25, 0.3) is 0 Å². The van der Waals surface area contributed by atoms with E-state index < -0.39 is 5.97 Å². The SMILES string of the molecule is Bc1c(B)c(B)c(C(=O)O)c(N)c1B. The standard InChI is InChI=1S/C7H11B4NO2/c8-2-1(7(13)14)6(12)5(11)4(10)3(2)9/h8-12H2,(H,13,14). The Morgan fingerprint density at radius 1 is 1.00 bits per heavy atom. The van der Waals surface area contributed by atoms with E-state index in [9.17, 15) is 4.79 Å². The summed E-state index contributed by atoms with van der Waals surface area (Å²) in [5.41, 5.74) is 10.1. The molecule has 0 saturated carbocycles. The van der Waals surface area contributed by atoms with Crippen molar-refractivity contribution in [1.82, 2.24) is 0 Å². The van der Waals surface area contributed by atoms with Gasteiger partial charge in [0.05, 0.1) is 5.56 Å². The summed E-state index contributed by atoms with van der Waals surface area (Å²) >= 11 is 0. The first-order chi connectivity index (χ1) is 6.37. The maximum atomic E-state index is 11.0. The van der Waals surface area contributed by atoms with E-state index in [0.29, 0.717) is 5.69 Å². The highest BCUT2D eigenvalue weighted by Gasteiger charge is 2.16. The van der Waals surface area contributed by atoms with Crippen LogP contribution >= 0.6 is 0 Å².